The molecule has 154 valence electrons. The van der Waals surface area contributed by atoms with Crippen LogP contribution in [0.5, 0.6) is 5.75 Å². The first-order valence-corrected chi connectivity index (χ1v) is 10.6. The van der Waals surface area contributed by atoms with Crippen LogP contribution in [0.3, 0.4) is 0 Å². The molecule has 0 bridgehead atoms. The van der Waals surface area contributed by atoms with Gasteiger partial charge in [0, 0.05) is 38.0 Å². The summed E-state index contributed by atoms with van der Waals surface area (Å²) < 4.78 is 11.4. The summed E-state index contributed by atoms with van der Waals surface area (Å²) >= 11 is 0. The number of nitrogens with zero attached hydrogens (tertiary/aromatic N) is 2. The Morgan fingerprint density at radius 2 is 1.90 bits per heavy atom. The maximum Gasteiger partial charge on any atom is 0.409 e. The van der Waals surface area contributed by atoms with E-state index in [9.17, 15) is 14.4 Å². The van der Waals surface area contributed by atoms with Crippen molar-refractivity contribution in [3.05, 3.63) is 29.8 Å². The van der Waals surface area contributed by atoms with Gasteiger partial charge in [0.25, 0.3) is 0 Å². The van der Waals surface area contributed by atoms with Gasteiger partial charge in [-0.15, -0.1) is 0 Å². The van der Waals surface area contributed by atoms with Crippen LogP contribution in [-0.4, -0.2) is 66.0 Å². The van der Waals surface area contributed by atoms with Crippen molar-refractivity contribution in [2.45, 2.75) is 31.8 Å². The number of Topliss-reactive ketones (excluding diaryl/α,β-unsaturated/α-hetero) is 1. The fourth-order valence-electron chi connectivity index (χ4n) is 5.63. The lowest BCUT2D eigenvalue weighted by Crippen LogP contribution is -2.52. The van der Waals surface area contributed by atoms with E-state index in [0.717, 1.165) is 12.8 Å². The molecule has 1 aromatic carbocycles. The van der Waals surface area contributed by atoms with E-state index in [0.29, 0.717) is 56.4 Å². The summed E-state index contributed by atoms with van der Waals surface area (Å²) in [6.07, 6.45) is 1.82. The number of hydrogen-bond donors (Lipinski definition) is 0. The Morgan fingerprint density at radius 1 is 1.17 bits per heavy atom. The highest BCUT2D eigenvalue weighted by molar-refractivity contribution is 6.00. The minimum absolute atomic E-state index is 0.0593. The maximum absolute atomic E-state index is 13.2. The highest BCUT2D eigenvalue weighted by atomic mass is 16.6. The fourth-order valence-corrected chi connectivity index (χ4v) is 5.63. The second kappa shape index (κ2) is 6.75. The van der Waals surface area contributed by atoms with Gasteiger partial charge in [0.15, 0.2) is 5.78 Å². The third-order valence-corrected chi connectivity index (χ3v) is 7.04. The molecular weight excluding hydrogens is 372 g/mol. The molecule has 0 unspecified atom stereocenters. The summed E-state index contributed by atoms with van der Waals surface area (Å²) in [5.41, 5.74) is 0.128. The molecule has 0 aromatic heterocycles. The van der Waals surface area contributed by atoms with Gasteiger partial charge in [-0.2, -0.15) is 0 Å². The largest absolute Gasteiger partial charge is 0.486 e. The first-order valence-electron chi connectivity index (χ1n) is 10.6. The van der Waals surface area contributed by atoms with E-state index in [2.05, 4.69) is 0 Å². The molecular formula is C22H26N2O5. The van der Waals surface area contributed by atoms with Crippen molar-refractivity contribution in [1.82, 2.24) is 9.80 Å². The molecule has 2 heterocycles. The van der Waals surface area contributed by atoms with Crippen LogP contribution in [0.15, 0.2) is 24.3 Å². The smallest absolute Gasteiger partial charge is 0.409 e. The Morgan fingerprint density at radius 3 is 2.66 bits per heavy atom. The van der Waals surface area contributed by atoms with Crippen molar-refractivity contribution in [2.24, 2.45) is 17.8 Å². The topological polar surface area (TPSA) is 76.2 Å². The molecule has 3 fully saturated rings. The number of benzene rings is 1. The number of carbonyl (C=O) groups is 3. The molecule has 1 saturated heterocycles. The molecule has 29 heavy (non-hydrogen) atoms. The van der Waals surface area contributed by atoms with Crippen LogP contribution in [0.1, 0.15) is 36.5 Å². The predicted molar refractivity (Wildman–Crippen MR) is 104 cm³/mol. The molecule has 5 rings (SSSR count). The van der Waals surface area contributed by atoms with Crippen LogP contribution < -0.4 is 4.74 Å². The van der Waals surface area contributed by atoms with Gasteiger partial charge in [0.05, 0.1) is 18.6 Å². The quantitative estimate of drug-likeness (QED) is 0.764. The number of hydrogen-bond acceptors (Lipinski definition) is 5. The zero-order valence-electron chi connectivity index (χ0n) is 16.6. The van der Waals surface area contributed by atoms with E-state index in [-0.39, 0.29) is 29.6 Å². The molecule has 2 saturated carbocycles. The van der Waals surface area contributed by atoms with Crippen LogP contribution in [0.25, 0.3) is 0 Å². The predicted octanol–water partition coefficient (Wildman–Crippen LogP) is 2.35. The zero-order chi connectivity index (χ0) is 20.2. The average Bonchev–Trinajstić information content (AvgIpc) is 3.38. The second-order valence-corrected chi connectivity index (χ2v) is 8.53. The van der Waals surface area contributed by atoms with Crippen molar-refractivity contribution >= 4 is 17.8 Å². The Balaban J connectivity index is 1.26. The molecule has 2 aliphatic heterocycles. The summed E-state index contributed by atoms with van der Waals surface area (Å²) in [5, 5.41) is 0. The number of ether oxygens (including phenoxy) is 2. The minimum atomic E-state index is -0.525. The summed E-state index contributed by atoms with van der Waals surface area (Å²) in [6.45, 7) is 4.20. The number of ketones is 1. The molecule has 2 aliphatic carbocycles. The van der Waals surface area contributed by atoms with E-state index in [4.69, 9.17) is 9.47 Å². The van der Waals surface area contributed by atoms with Gasteiger partial charge >= 0.3 is 6.09 Å². The normalized spacial score (nSPS) is 32.4. The van der Waals surface area contributed by atoms with Crippen LogP contribution >= 0.6 is 0 Å². The van der Waals surface area contributed by atoms with Gasteiger partial charge in [-0.25, -0.2) is 4.79 Å². The van der Waals surface area contributed by atoms with Crippen molar-refractivity contribution in [1.29, 1.82) is 0 Å². The zero-order valence-corrected chi connectivity index (χ0v) is 16.6. The van der Waals surface area contributed by atoms with Crippen molar-refractivity contribution in [3.63, 3.8) is 0 Å². The molecule has 2 amide bonds. The fraction of sp³-hybridized carbons (Fsp3) is 0.591. The molecule has 0 N–H and O–H groups in total. The Hall–Kier alpha value is -2.57. The van der Waals surface area contributed by atoms with E-state index in [1.165, 1.54) is 0 Å². The highest BCUT2D eigenvalue weighted by Crippen LogP contribution is 2.66. The summed E-state index contributed by atoms with van der Waals surface area (Å²) in [6, 6.07) is 7.41. The third kappa shape index (κ3) is 2.90. The van der Waals surface area contributed by atoms with Gasteiger partial charge in [0.2, 0.25) is 5.91 Å². The Bertz CT molecular complexity index is 863. The van der Waals surface area contributed by atoms with Crippen molar-refractivity contribution in [2.75, 3.05) is 32.8 Å². The molecule has 4 atom stereocenters. The number of amides is 2. The lowest BCUT2D eigenvalue weighted by Gasteiger charge is -2.38. The van der Waals surface area contributed by atoms with E-state index in [1.807, 2.05) is 29.2 Å². The third-order valence-electron chi connectivity index (χ3n) is 7.04. The lowest BCUT2D eigenvalue weighted by atomic mass is 9.84. The summed E-state index contributed by atoms with van der Waals surface area (Å²) in [4.78, 5) is 41.3. The number of carbonyl (C=O) groups excluding carboxylic acids is 3. The number of rotatable bonds is 2. The van der Waals surface area contributed by atoms with Gasteiger partial charge < -0.3 is 19.3 Å². The minimum Gasteiger partial charge on any atom is -0.486 e. The van der Waals surface area contributed by atoms with Crippen molar-refractivity contribution < 1.29 is 23.9 Å². The van der Waals surface area contributed by atoms with Crippen LogP contribution in [0.4, 0.5) is 4.79 Å². The Kier molecular flexibility index (Phi) is 4.29. The first-order chi connectivity index (χ1) is 14.0. The van der Waals surface area contributed by atoms with E-state index < -0.39 is 5.60 Å². The highest BCUT2D eigenvalue weighted by Gasteiger charge is 2.71. The number of piperazine rings is 1. The maximum atomic E-state index is 13.2. The van der Waals surface area contributed by atoms with E-state index >= 15 is 0 Å². The molecule has 4 aliphatic rings. The van der Waals surface area contributed by atoms with Crippen LogP contribution in [0.2, 0.25) is 0 Å². The average molecular weight is 398 g/mol. The summed E-state index contributed by atoms with van der Waals surface area (Å²) in [7, 11) is 0. The monoisotopic (exact) mass is 398 g/mol. The van der Waals surface area contributed by atoms with Gasteiger partial charge in [-0.05, 0) is 37.8 Å². The van der Waals surface area contributed by atoms with Crippen LogP contribution in [-0.2, 0) is 9.53 Å². The van der Waals surface area contributed by atoms with Crippen molar-refractivity contribution in [3.8, 4) is 5.75 Å². The van der Waals surface area contributed by atoms with Gasteiger partial charge in [-0.3, -0.25) is 9.59 Å². The number of para-hydroxylation sites is 1. The van der Waals surface area contributed by atoms with E-state index in [1.54, 1.807) is 11.8 Å². The standard InChI is InChI=1S/C22H26N2O5/c1-2-28-21(27)24-11-9-23(10-12-24)20(26)18-15-7-8-22(19(15)18)13-16(25)14-5-3-4-6-17(14)29-22/h3-6,15,18-19H,2,7-13H2,1H3/t15-,18-,19+,22-/m1/s1. The lowest BCUT2D eigenvalue weighted by molar-refractivity contribution is -0.136. The first kappa shape index (κ1) is 18.5. The summed E-state index contributed by atoms with van der Waals surface area (Å²) in [5.74, 6) is 1.30. The van der Waals surface area contributed by atoms with Gasteiger partial charge in [0.1, 0.15) is 11.4 Å². The number of fused-ring (bicyclic) bond motifs is 3. The SMILES string of the molecule is CCOC(=O)N1CCN(C(=O)[C@@H]2[C@H]3CC[C@@]4(CC(=O)c5ccccc5O4)[C@@H]32)CC1. The second-order valence-electron chi connectivity index (χ2n) is 8.53. The van der Waals surface area contributed by atoms with Crippen LogP contribution in [0, 0.1) is 17.8 Å². The molecule has 1 spiro atoms. The molecule has 0 radical (unpaired) electrons. The van der Waals surface area contributed by atoms with Gasteiger partial charge in [-0.1, -0.05) is 12.1 Å². The molecule has 7 heteroatoms. The molecule has 1 aromatic rings. The molecule has 7 nitrogen and oxygen atoms in total. The Labute approximate surface area is 169 Å².